The predicted molar refractivity (Wildman–Crippen MR) is 183 cm³/mol. The molecular weight excluding hydrogens is 671 g/mol. The molecule has 5 heterocycles. The number of methoxy groups -OCH3 is 2. The van der Waals surface area contributed by atoms with Crippen molar-refractivity contribution in [1.29, 1.82) is 0 Å². The van der Waals surface area contributed by atoms with Gasteiger partial charge in [0, 0.05) is 24.2 Å². The van der Waals surface area contributed by atoms with E-state index in [1.54, 1.807) is 36.4 Å². The molecule has 4 aromatic rings. The first-order valence-electron chi connectivity index (χ1n) is 15.9. The Labute approximate surface area is 294 Å². The molecule has 0 N–H and O–H groups in total. The summed E-state index contributed by atoms with van der Waals surface area (Å²) in [7, 11) is 3.02. The molecule has 7 rings (SSSR count). The number of aromatic nitrogens is 2. The lowest BCUT2D eigenvalue weighted by atomic mass is 9.86. The summed E-state index contributed by atoms with van der Waals surface area (Å²) in [5.74, 6) is 0.548. The number of anilines is 1. The molecule has 0 spiro atoms. The van der Waals surface area contributed by atoms with Crippen molar-refractivity contribution in [3.05, 3.63) is 117 Å². The highest BCUT2D eigenvalue weighted by Gasteiger charge is 2.37. The van der Waals surface area contributed by atoms with Gasteiger partial charge in [0.2, 0.25) is 0 Å². The summed E-state index contributed by atoms with van der Waals surface area (Å²) in [5, 5.41) is 12.1. The molecule has 13 heteroatoms. The van der Waals surface area contributed by atoms with Gasteiger partial charge in [-0.05, 0) is 73.8 Å². The summed E-state index contributed by atoms with van der Waals surface area (Å²) < 4.78 is 23.5. The van der Waals surface area contributed by atoms with Crippen LogP contribution >= 0.6 is 23.2 Å². The number of hydrogen-bond donors (Lipinski definition) is 0. The number of halogens is 2. The van der Waals surface area contributed by atoms with Gasteiger partial charge in [0.25, 0.3) is 0 Å². The van der Waals surface area contributed by atoms with Crippen LogP contribution in [0.1, 0.15) is 46.3 Å². The average Bonchev–Trinajstić information content (AvgIpc) is 3.12. The predicted octanol–water partition coefficient (Wildman–Crippen LogP) is 6.42. The Hall–Kier alpha value is -4.58. The first-order valence-corrected chi connectivity index (χ1v) is 16.7. The molecule has 49 heavy (non-hydrogen) atoms. The van der Waals surface area contributed by atoms with E-state index in [4.69, 9.17) is 42.1 Å². The largest absolute Gasteiger partial charge is 0.619 e. The number of esters is 1. The highest BCUT2D eigenvalue weighted by molar-refractivity contribution is 6.35. The van der Waals surface area contributed by atoms with Gasteiger partial charge in [-0.15, -0.1) is 0 Å². The van der Waals surface area contributed by atoms with Crippen LogP contribution in [0.25, 0.3) is 0 Å². The van der Waals surface area contributed by atoms with E-state index in [0.717, 1.165) is 32.5 Å². The maximum atomic E-state index is 13.7. The molecular formula is C36H36Cl2N4O7. The quantitative estimate of drug-likeness (QED) is 0.0990. The maximum absolute atomic E-state index is 13.7. The molecule has 0 aliphatic carbocycles. The van der Waals surface area contributed by atoms with Gasteiger partial charge in [0.15, 0.2) is 23.9 Å². The fourth-order valence-electron chi connectivity index (χ4n) is 6.33. The standard InChI is InChI=1S/C36H36Cl2N4O7/c1-46-31-12-11-24(17-33(31)47-2)32(18-27-28(37)20-41(45)21-29(27)38)48-35(43)30-10-6-7-25(39-30)19-42(26-8-4-3-5-9-26)36(44)49-34-22-40-15-13-23(34)14-16-40/h3-12,17,20-21,23,32,34H,13-16,18-19,22H2,1-2H3/t32-,34-/m0/s1. The number of fused-ring (bicyclic) bond motifs is 3. The molecule has 3 saturated heterocycles. The number of amides is 1. The molecule has 0 saturated carbocycles. The van der Waals surface area contributed by atoms with Gasteiger partial charge in [-0.2, -0.15) is 4.73 Å². The number of hydrogen-bond acceptors (Lipinski definition) is 9. The van der Waals surface area contributed by atoms with Crippen LogP contribution in [0.3, 0.4) is 0 Å². The third kappa shape index (κ3) is 8.01. The molecule has 3 aliphatic rings. The molecule has 2 bridgehead atoms. The fourth-order valence-corrected chi connectivity index (χ4v) is 6.93. The molecule has 2 aromatic carbocycles. The smallest absolute Gasteiger partial charge is 0.414 e. The number of benzene rings is 2. The second kappa shape index (κ2) is 15.3. The first kappa shape index (κ1) is 34.3. The zero-order valence-corrected chi connectivity index (χ0v) is 28.6. The highest BCUT2D eigenvalue weighted by Crippen LogP contribution is 2.36. The van der Waals surface area contributed by atoms with Crippen LogP contribution in [0.2, 0.25) is 10.0 Å². The van der Waals surface area contributed by atoms with Crippen molar-refractivity contribution < 1.29 is 33.3 Å². The van der Waals surface area contributed by atoms with Crippen molar-refractivity contribution in [1.82, 2.24) is 9.88 Å². The molecule has 0 radical (unpaired) electrons. The van der Waals surface area contributed by atoms with E-state index in [-0.39, 0.29) is 34.8 Å². The van der Waals surface area contributed by atoms with Crippen LogP contribution in [-0.4, -0.2) is 61.9 Å². The van der Waals surface area contributed by atoms with Crippen molar-refractivity contribution in [2.45, 2.75) is 38.0 Å². The van der Waals surface area contributed by atoms with Crippen molar-refractivity contribution in [3.63, 3.8) is 0 Å². The highest BCUT2D eigenvalue weighted by atomic mass is 35.5. The molecule has 1 amide bonds. The Bertz CT molecular complexity index is 1780. The second-order valence-corrected chi connectivity index (χ2v) is 12.8. The van der Waals surface area contributed by atoms with Gasteiger partial charge < -0.3 is 24.2 Å². The van der Waals surface area contributed by atoms with E-state index >= 15 is 0 Å². The maximum Gasteiger partial charge on any atom is 0.414 e. The third-order valence-electron chi connectivity index (χ3n) is 8.95. The minimum atomic E-state index is -0.910. The molecule has 3 aliphatic heterocycles. The minimum absolute atomic E-state index is 0.0319. The number of piperidine rings is 3. The molecule has 2 atom stereocenters. The Morgan fingerprint density at radius 2 is 1.69 bits per heavy atom. The number of nitrogens with zero attached hydrogens (tertiary/aromatic N) is 4. The van der Waals surface area contributed by atoms with E-state index in [9.17, 15) is 14.8 Å². The summed E-state index contributed by atoms with van der Waals surface area (Å²) in [6.07, 6.45) is 2.89. The average molecular weight is 708 g/mol. The van der Waals surface area contributed by atoms with Gasteiger partial charge in [0.05, 0.1) is 26.5 Å². The van der Waals surface area contributed by atoms with E-state index < -0.39 is 18.2 Å². The second-order valence-electron chi connectivity index (χ2n) is 12.0. The van der Waals surface area contributed by atoms with Gasteiger partial charge >= 0.3 is 12.1 Å². The van der Waals surface area contributed by atoms with Crippen LogP contribution in [0, 0.1) is 11.1 Å². The summed E-state index contributed by atoms with van der Waals surface area (Å²) in [4.78, 5) is 35.8. The van der Waals surface area contributed by atoms with Gasteiger partial charge in [-0.25, -0.2) is 14.6 Å². The van der Waals surface area contributed by atoms with Crippen molar-refractivity contribution >= 4 is 41.0 Å². The number of rotatable bonds is 11. The minimum Gasteiger partial charge on any atom is -0.619 e. The van der Waals surface area contributed by atoms with Gasteiger partial charge in [-0.1, -0.05) is 53.5 Å². The van der Waals surface area contributed by atoms with Crippen LogP contribution < -0.4 is 19.1 Å². The number of carbonyl (C=O) groups excluding carboxylic acids is 2. The molecule has 256 valence electrons. The monoisotopic (exact) mass is 706 g/mol. The SMILES string of the molecule is COc1ccc([C@H](Cc2c(Cl)c[n+]([O-])cc2Cl)OC(=O)c2cccc(CN(C(=O)O[C@H]3CN4CCC3CC4)c3ccccc3)n2)cc1OC. The Kier molecular flexibility index (Phi) is 10.7. The molecule has 11 nitrogen and oxygen atoms in total. The fraction of sp³-hybridized carbons (Fsp3) is 0.333. The van der Waals surface area contributed by atoms with E-state index in [1.165, 1.54) is 31.5 Å². The Balaban J connectivity index is 1.25. The molecule has 3 fully saturated rings. The summed E-state index contributed by atoms with van der Waals surface area (Å²) >= 11 is 12.8. The van der Waals surface area contributed by atoms with E-state index in [1.807, 2.05) is 30.3 Å². The topological polar surface area (TPSA) is 117 Å². The number of pyridine rings is 2. The third-order valence-corrected chi connectivity index (χ3v) is 9.60. The van der Waals surface area contributed by atoms with E-state index in [0.29, 0.717) is 44.7 Å². The lowest BCUT2D eigenvalue weighted by molar-refractivity contribution is -0.605. The summed E-state index contributed by atoms with van der Waals surface area (Å²) in [6.45, 7) is 2.86. The van der Waals surface area contributed by atoms with Crippen LogP contribution in [0.15, 0.2) is 79.1 Å². The summed E-state index contributed by atoms with van der Waals surface area (Å²) in [6, 6.07) is 19.3. The zero-order valence-electron chi connectivity index (χ0n) is 27.1. The number of para-hydroxylation sites is 1. The lowest BCUT2D eigenvalue weighted by Gasteiger charge is -2.44. The van der Waals surface area contributed by atoms with Crippen LogP contribution in [-0.2, 0) is 22.4 Å². The molecule has 2 aromatic heterocycles. The van der Waals surface area contributed by atoms with Crippen molar-refractivity contribution in [3.8, 4) is 11.5 Å². The van der Waals surface area contributed by atoms with Crippen LogP contribution in [0.4, 0.5) is 10.5 Å². The van der Waals surface area contributed by atoms with Crippen molar-refractivity contribution in [2.24, 2.45) is 5.92 Å². The van der Waals surface area contributed by atoms with Crippen LogP contribution in [0.5, 0.6) is 11.5 Å². The lowest BCUT2D eigenvalue weighted by Crippen LogP contribution is -2.53. The normalized spacial score (nSPS) is 18.7. The Morgan fingerprint density at radius 1 is 0.980 bits per heavy atom. The zero-order chi connectivity index (χ0) is 34.5. The number of ether oxygens (including phenoxy) is 4. The van der Waals surface area contributed by atoms with Gasteiger partial charge in [0.1, 0.15) is 27.9 Å². The Morgan fingerprint density at radius 3 is 2.35 bits per heavy atom. The first-order chi connectivity index (χ1) is 23.7. The van der Waals surface area contributed by atoms with Gasteiger partial charge in [-0.3, -0.25) is 9.80 Å². The number of carbonyl (C=O) groups is 2. The van der Waals surface area contributed by atoms with Crippen molar-refractivity contribution in [2.75, 3.05) is 38.8 Å². The summed E-state index contributed by atoms with van der Waals surface area (Å²) in [5.41, 5.74) is 2.13. The molecule has 0 unspecified atom stereocenters. The van der Waals surface area contributed by atoms with E-state index in [2.05, 4.69) is 9.88 Å².